The Morgan fingerprint density at radius 2 is 1.44 bits per heavy atom. The minimum absolute atomic E-state index is 0.0446. The van der Waals surface area contributed by atoms with E-state index in [0.717, 1.165) is 25.7 Å². The zero-order valence-corrected chi connectivity index (χ0v) is 18.3. The molecule has 0 amide bonds. The first-order valence-corrected chi connectivity index (χ1v) is 11.8. The van der Waals surface area contributed by atoms with E-state index >= 15 is 0 Å². The van der Waals surface area contributed by atoms with E-state index in [1.54, 1.807) is 30.3 Å². The van der Waals surface area contributed by atoms with Gasteiger partial charge in [-0.25, -0.2) is 8.42 Å². The summed E-state index contributed by atoms with van der Waals surface area (Å²) in [4.78, 5) is -0.337. The minimum atomic E-state index is -5.11. The van der Waals surface area contributed by atoms with Gasteiger partial charge in [-0.2, -0.15) is 31.4 Å². The third kappa shape index (κ3) is 5.06. The number of nitrogens with one attached hydrogen (secondary N) is 1. The summed E-state index contributed by atoms with van der Waals surface area (Å²) >= 11 is 0. The maximum absolute atomic E-state index is 13.2. The Bertz CT molecular complexity index is 1250. The molecule has 1 N–H and O–H groups in total. The van der Waals surface area contributed by atoms with Crippen molar-refractivity contribution in [3.05, 3.63) is 65.9 Å². The van der Waals surface area contributed by atoms with Crippen LogP contribution < -0.4 is 4.72 Å². The van der Waals surface area contributed by atoms with Crippen LogP contribution in [0.1, 0.15) is 42.9 Å². The van der Waals surface area contributed by atoms with Crippen LogP contribution in [0.25, 0.3) is 11.3 Å². The van der Waals surface area contributed by atoms with Gasteiger partial charge in [0.15, 0.2) is 0 Å². The summed E-state index contributed by atoms with van der Waals surface area (Å²) in [5.41, 5.74) is -3.59. The lowest BCUT2D eigenvalue weighted by atomic mass is 10.1. The van der Waals surface area contributed by atoms with Crippen molar-refractivity contribution in [2.75, 3.05) is 4.72 Å². The number of rotatable bonds is 5. The van der Waals surface area contributed by atoms with E-state index in [1.165, 1.54) is 10.9 Å². The van der Waals surface area contributed by atoms with E-state index in [9.17, 15) is 34.8 Å². The maximum atomic E-state index is 13.2. The van der Waals surface area contributed by atoms with Gasteiger partial charge >= 0.3 is 12.4 Å². The molecule has 0 saturated heterocycles. The zero-order valence-electron chi connectivity index (χ0n) is 17.5. The minimum Gasteiger partial charge on any atom is -0.279 e. The number of anilines is 1. The second-order valence-electron chi connectivity index (χ2n) is 8.03. The van der Waals surface area contributed by atoms with E-state index in [1.807, 2.05) is 4.72 Å². The molecular formula is C22H19F6N3O2S. The Hall–Kier alpha value is -3.02. The van der Waals surface area contributed by atoms with Gasteiger partial charge in [-0.05, 0) is 31.0 Å². The number of hydrogen-bond acceptors (Lipinski definition) is 3. The Morgan fingerprint density at radius 3 is 1.97 bits per heavy atom. The van der Waals surface area contributed by atoms with Crippen LogP contribution >= 0.6 is 0 Å². The Morgan fingerprint density at radius 1 is 0.882 bits per heavy atom. The van der Waals surface area contributed by atoms with Crippen molar-refractivity contribution in [3.63, 3.8) is 0 Å². The summed E-state index contributed by atoms with van der Waals surface area (Å²) in [5, 5.41) is 4.42. The number of benzene rings is 2. The Balaban J connectivity index is 1.80. The van der Waals surface area contributed by atoms with Crippen LogP contribution in [0.4, 0.5) is 32.0 Å². The van der Waals surface area contributed by atoms with Crippen molar-refractivity contribution < 1.29 is 34.8 Å². The normalized spacial score (nSPS) is 15.6. The molecule has 1 heterocycles. The SMILES string of the molecule is O=S(=O)(Nc1cc(C(F)(F)F)cc(C(F)(F)F)c1)c1cn(C2CCCC2)nc1-c1ccccc1. The Kier molecular flexibility index (Phi) is 6.13. The van der Waals surface area contributed by atoms with Gasteiger partial charge in [-0.15, -0.1) is 0 Å². The summed E-state index contributed by atoms with van der Waals surface area (Å²) in [6.45, 7) is 0. The van der Waals surface area contributed by atoms with E-state index in [0.29, 0.717) is 17.7 Å². The predicted molar refractivity (Wildman–Crippen MR) is 112 cm³/mol. The molecule has 0 aliphatic heterocycles. The van der Waals surface area contributed by atoms with Gasteiger partial charge in [0.25, 0.3) is 10.0 Å². The standard InChI is InChI=1S/C22H19F6N3O2S/c23-21(24,25)15-10-16(22(26,27)28)12-17(11-15)30-34(32,33)19-13-31(18-8-4-5-9-18)29-20(19)14-6-2-1-3-7-14/h1-3,6-7,10-13,18,30H,4-5,8-9H2. The third-order valence-electron chi connectivity index (χ3n) is 5.57. The fourth-order valence-corrected chi connectivity index (χ4v) is 5.15. The molecule has 0 bridgehead atoms. The molecule has 1 aromatic heterocycles. The monoisotopic (exact) mass is 503 g/mol. The van der Waals surface area contributed by atoms with Crippen LogP contribution in [0.15, 0.2) is 59.6 Å². The van der Waals surface area contributed by atoms with Crippen LogP contribution in [0.3, 0.4) is 0 Å². The molecule has 34 heavy (non-hydrogen) atoms. The predicted octanol–water partition coefficient (Wildman–Crippen LogP) is 6.50. The summed E-state index contributed by atoms with van der Waals surface area (Å²) in [6, 6.07) is 8.82. The van der Waals surface area contributed by atoms with E-state index < -0.39 is 39.2 Å². The molecule has 0 atom stereocenters. The van der Waals surface area contributed by atoms with Crippen LogP contribution in [0.2, 0.25) is 0 Å². The molecule has 5 nitrogen and oxygen atoms in total. The van der Waals surface area contributed by atoms with Crippen LogP contribution in [0.5, 0.6) is 0 Å². The largest absolute Gasteiger partial charge is 0.416 e. The molecular weight excluding hydrogens is 484 g/mol. The van der Waals surface area contributed by atoms with Crippen molar-refractivity contribution in [1.29, 1.82) is 0 Å². The lowest BCUT2D eigenvalue weighted by molar-refractivity contribution is -0.143. The lowest BCUT2D eigenvalue weighted by Crippen LogP contribution is -2.16. The van der Waals surface area contributed by atoms with Gasteiger partial charge < -0.3 is 0 Å². The first kappa shape index (κ1) is 24.1. The molecule has 1 aliphatic carbocycles. The van der Waals surface area contributed by atoms with Crippen molar-refractivity contribution in [3.8, 4) is 11.3 Å². The molecule has 182 valence electrons. The van der Waals surface area contributed by atoms with Gasteiger partial charge in [0, 0.05) is 11.8 Å². The molecule has 1 saturated carbocycles. The lowest BCUT2D eigenvalue weighted by Gasteiger charge is -2.15. The number of alkyl halides is 6. The number of aromatic nitrogens is 2. The maximum Gasteiger partial charge on any atom is 0.416 e. The summed E-state index contributed by atoms with van der Waals surface area (Å²) in [7, 11) is -4.59. The van der Waals surface area contributed by atoms with Crippen molar-refractivity contribution in [2.45, 2.75) is 49.0 Å². The van der Waals surface area contributed by atoms with Crippen molar-refractivity contribution in [1.82, 2.24) is 9.78 Å². The molecule has 0 radical (unpaired) electrons. The van der Waals surface area contributed by atoms with E-state index in [2.05, 4.69) is 5.10 Å². The average molecular weight is 503 g/mol. The second-order valence-corrected chi connectivity index (χ2v) is 9.68. The summed E-state index contributed by atoms with van der Waals surface area (Å²) in [6.07, 6.45) is -5.49. The molecule has 12 heteroatoms. The van der Waals surface area contributed by atoms with Gasteiger partial charge in [-0.1, -0.05) is 43.2 Å². The van der Waals surface area contributed by atoms with Gasteiger partial charge in [0.1, 0.15) is 10.6 Å². The molecule has 4 rings (SSSR count). The van der Waals surface area contributed by atoms with E-state index in [4.69, 9.17) is 0 Å². The average Bonchev–Trinajstić information content (AvgIpc) is 3.43. The molecule has 0 spiro atoms. The number of hydrogen-bond donors (Lipinski definition) is 1. The topological polar surface area (TPSA) is 64.0 Å². The summed E-state index contributed by atoms with van der Waals surface area (Å²) in [5.74, 6) is 0. The van der Waals surface area contributed by atoms with Gasteiger partial charge in [0.05, 0.1) is 22.9 Å². The van der Waals surface area contributed by atoms with Crippen LogP contribution in [0, 0.1) is 0 Å². The van der Waals surface area contributed by atoms with Crippen LogP contribution in [-0.4, -0.2) is 18.2 Å². The van der Waals surface area contributed by atoms with Gasteiger partial charge in [0.2, 0.25) is 0 Å². The highest BCUT2D eigenvalue weighted by molar-refractivity contribution is 7.92. The molecule has 1 aliphatic rings. The molecule has 1 fully saturated rings. The fraction of sp³-hybridized carbons (Fsp3) is 0.318. The zero-order chi connectivity index (χ0) is 24.7. The smallest absolute Gasteiger partial charge is 0.279 e. The second kappa shape index (κ2) is 8.64. The third-order valence-corrected chi connectivity index (χ3v) is 6.96. The molecule has 3 aromatic rings. The Labute approximate surface area is 191 Å². The van der Waals surface area contributed by atoms with Gasteiger partial charge in [-0.3, -0.25) is 9.40 Å². The first-order valence-electron chi connectivity index (χ1n) is 10.3. The van der Waals surface area contributed by atoms with Crippen molar-refractivity contribution >= 4 is 15.7 Å². The number of nitrogens with zero attached hydrogens (tertiary/aromatic N) is 2. The number of halogens is 6. The highest BCUT2D eigenvalue weighted by Crippen LogP contribution is 2.39. The molecule has 0 unspecified atom stereocenters. The van der Waals surface area contributed by atoms with Crippen molar-refractivity contribution in [2.24, 2.45) is 0 Å². The highest BCUT2D eigenvalue weighted by Gasteiger charge is 2.37. The number of sulfonamides is 1. The summed E-state index contributed by atoms with van der Waals surface area (Å²) < 4.78 is 109. The first-order chi connectivity index (χ1) is 15.8. The molecule has 2 aromatic carbocycles. The van der Waals surface area contributed by atoms with E-state index in [-0.39, 0.29) is 22.7 Å². The van der Waals surface area contributed by atoms with Crippen LogP contribution in [-0.2, 0) is 22.4 Å². The quantitative estimate of drug-likeness (QED) is 0.404. The fourth-order valence-electron chi connectivity index (χ4n) is 3.95. The highest BCUT2D eigenvalue weighted by atomic mass is 32.2.